The van der Waals surface area contributed by atoms with Gasteiger partial charge in [-0.05, 0) is 50.1 Å². The Morgan fingerprint density at radius 3 is 2.19 bits per heavy atom. The number of hydrogen-bond acceptors (Lipinski definition) is 2. The van der Waals surface area contributed by atoms with Crippen LogP contribution in [0.4, 0.5) is 0 Å². The Morgan fingerprint density at radius 1 is 1.00 bits per heavy atom. The lowest BCUT2D eigenvalue weighted by Gasteiger charge is -2.20. The number of rotatable bonds is 10. The maximum atomic E-state index is 5.12. The molecule has 0 aliphatic heterocycles. The Bertz CT molecular complexity index is 146. The molecule has 1 atom stereocenters. The van der Waals surface area contributed by atoms with Crippen LogP contribution in [-0.4, -0.2) is 26.8 Å². The van der Waals surface area contributed by atoms with Crippen molar-refractivity contribution in [3.8, 4) is 0 Å². The van der Waals surface area contributed by atoms with Gasteiger partial charge in [-0.25, -0.2) is 0 Å². The van der Waals surface area contributed by atoms with Crippen LogP contribution in [0.15, 0.2) is 0 Å². The molecule has 0 aromatic rings. The van der Waals surface area contributed by atoms with Crippen molar-refractivity contribution in [3.05, 3.63) is 0 Å². The van der Waals surface area contributed by atoms with E-state index in [1.807, 2.05) is 0 Å². The molecule has 2 nitrogen and oxygen atoms in total. The van der Waals surface area contributed by atoms with Gasteiger partial charge < -0.3 is 10.1 Å². The monoisotopic (exact) mass is 229 g/mol. The average Bonchev–Trinajstić information content (AvgIpc) is 2.16. The van der Waals surface area contributed by atoms with E-state index in [9.17, 15) is 0 Å². The Labute approximate surface area is 102 Å². The number of hydrogen-bond donors (Lipinski definition) is 1. The molecule has 0 rings (SSSR count). The van der Waals surface area contributed by atoms with Gasteiger partial charge in [-0.15, -0.1) is 0 Å². The molecule has 0 bridgehead atoms. The fourth-order valence-electron chi connectivity index (χ4n) is 2.06. The van der Waals surface area contributed by atoms with Gasteiger partial charge in [0.15, 0.2) is 0 Å². The summed E-state index contributed by atoms with van der Waals surface area (Å²) in [6.45, 7) is 12.3. The largest absolute Gasteiger partial charge is 0.385 e. The van der Waals surface area contributed by atoms with Gasteiger partial charge in [-0.2, -0.15) is 0 Å². The molecule has 0 saturated heterocycles. The summed E-state index contributed by atoms with van der Waals surface area (Å²) in [5.41, 5.74) is 0. The lowest BCUT2D eigenvalue weighted by Crippen LogP contribution is -2.27. The molecule has 0 heterocycles. The van der Waals surface area contributed by atoms with Gasteiger partial charge in [0.2, 0.25) is 0 Å². The second-order valence-electron chi connectivity index (χ2n) is 5.68. The molecule has 0 saturated carbocycles. The molecule has 0 aliphatic carbocycles. The molecule has 0 spiro atoms. The molecule has 0 fully saturated rings. The second kappa shape index (κ2) is 10.1. The Kier molecular flexibility index (Phi) is 10.0. The number of ether oxygens (including phenoxy) is 1. The van der Waals surface area contributed by atoms with Crippen molar-refractivity contribution in [2.24, 2.45) is 17.8 Å². The van der Waals surface area contributed by atoms with Gasteiger partial charge in [-0.1, -0.05) is 27.7 Å². The van der Waals surface area contributed by atoms with Crippen molar-refractivity contribution in [2.75, 3.05) is 26.8 Å². The van der Waals surface area contributed by atoms with Crippen LogP contribution in [0.1, 0.15) is 47.0 Å². The third kappa shape index (κ3) is 10.4. The van der Waals surface area contributed by atoms with Gasteiger partial charge in [-0.3, -0.25) is 0 Å². The minimum atomic E-state index is 0.749. The Hall–Kier alpha value is -0.0800. The van der Waals surface area contributed by atoms with Gasteiger partial charge in [0.25, 0.3) is 0 Å². The van der Waals surface area contributed by atoms with E-state index < -0.39 is 0 Å². The van der Waals surface area contributed by atoms with Crippen LogP contribution < -0.4 is 5.32 Å². The summed E-state index contributed by atoms with van der Waals surface area (Å²) in [4.78, 5) is 0. The first-order chi connectivity index (χ1) is 7.56. The van der Waals surface area contributed by atoms with Crippen molar-refractivity contribution in [2.45, 2.75) is 47.0 Å². The smallest absolute Gasteiger partial charge is 0.0462 e. The molecule has 98 valence electrons. The van der Waals surface area contributed by atoms with Crippen molar-refractivity contribution < 1.29 is 4.74 Å². The summed E-state index contributed by atoms with van der Waals surface area (Å²) in [5.74, 6) is 2.36. The highest BCUT2D eigenvalue weighted by Gasteiger charge is 2.10. The molecule has 2 heteroatoms. The van der Waals surface area contributed by atoms with E-state index in [4.69, 9.17) is 4.74 Å². The zero-order valence-electron chi connectivity index (χ0n) is 11.9. The second-order valence-corrected chi connectivity index (χ2v) is 5.68. The highest BCUT2D eigenvalue weighted by Crippen LogP contribution is 2.16. The van der Waals surface area contributed by atoms with Crippen molar-refractivity contribution in [3.63, 3.8) is 0 Å². The molecule has 0 aliphatic rings. The van der Waals surface area contributed by atoms with E-state index in [0.717, 1.165) is 30.9 Å². The highest BCUT2D eigenvalue weighted by molar-refractivity contribution is 4.65. The fraction of sp³-hybridized carbons (Fsp3) is 1.00. The first kappa shape index (κ1) is 15.9. The molecule has 0 aromatic carbocycles. The van der Waals surface area contributed by atoms with E-state index in [1.165, 1.54) is 25.8 Å². The van der Waals surface area contributed by atoms with Gasteiger partial charge in [0.1, 0.15) is 0 Å². The minimum Gasteiger partial charge on any atom is -0.385 e. The number of nitrogens with one attached hydrogen (secondary N) is 1. The lowest BCUT2D eigenvalue weighted by atomic mass is 9.93. The molecule has 1 unspecified atom stereocenters. The first-order valence-electron chi connectivity index (χ1n) is 6.75. The van der Waals surface area contributed by atoms with E-state index in [2.05, 4.69) is 33.0 Å². The van der Waals surface area contributed by atoms with Crippen molar-refractivity contribution in [1.29, 1.82) is 0 Å². The maximum Gasteiger partial charge on any atom is 0.0462 e. The predicted molar refractivity (Wildman–Crippen MR) is 71.8 cm³/mol. The van der Waals surface area contributed by atoms with Gasteiger partial charge in [0.05, 0.1) is 0 Å². The van der Waals surface area contributed by atoms with Crippen LogP contribution >= 0.6 is 0 Å². The van der Waals surface area contributed by atoms with Crippen LogP contribution in [-0.2, 0) is 4.74 Å². The van der Waals surface area contributed by atoms with Gasteiger partial charge in [0, 0.05) is 13.7 Å². The lowest BCUT2D eigenvalue weighted by molar-refractivity contribution is 0.183. The van der Waals surface area contributed by atoms with E-state index in [-0.39, 0.29) is 0 Å². The molecular formula is C14H31NO. The first-order valence-corrected chi connectivity index (χ1v) is 6.75. The predicted octanol–water partition coefficient (Wildman–Crippen LogP) is 3.32. The Balaban J connectivity index is 3.71. The topological polar surface area (TPSA) is 21.3 Å². The van der Waals surface area contributed by atoms with Crippen molar-refractivity contribution >= 4 is 0 Å². The van der Waals surface area contributed by atoms with Gasteiger partial charge >= 0.3 is 0 Å². The SMILES string of the molecule is COCCCC(CNCC(C)C)CC(C)C. The quantitative estimate of drug-likeness (QED) is 0.580. The standard InChI is InChI=1S/C14H31NO/c1-12(2)9-14(7-6-8-16-5)11-15-10-13(3)4/h12-15H,6-11H2,1-5H3. The van der Waals surface area contributed by atoms with Crippen molar-refractivity contribution in [1.82, 2.24) is 5.32 Å². The molecular weight excluding hydrogens is 198 g/mol. The molecule has 0 radical (unpaired) electrons. The zero-order chi connectivity index (χ0) is 12.4. The normalized spacial score (nSPS) is 13.7. The molecule has 1 N–H and O–H groups in total. The van der Waals surface area contributed by atoms with E-state index in [0.29, 0.717) is 0 Å². The fourth-order valence-corrected chi connectivity index (χ4v) is 2.06. The van der Waals surface area contributed by atoms with Crippen LogP contribution in [0.5, 0.6) is 0 Å². The third-order valence-electron chi connectivity index (χ3n) is 2.75. The van der Waals surface area contributed by atoms with Crippen LogP contribution in [0.3, 0.4) is 0 Å². The summed E-state index contributed by atoms with van der Waals surface area (Å²) in [7, 11) is 1.79. The third-order valence-corrected chi connectivity index (χ3v) is 2.75. The molecule has 16 heavy (non-hydrogen) atoms. The summed E-state index contributed by atoms with van der Waals surface area (Å²) in [5, 5.41) is 3.58. The van der Waals surface area contributed by atoms with E-state index >= 15 is 0 Å². The van der Waals surface area contributed by atoms with E-state index in [1.54, 1.807) is 7.11 Å². The minimum absolute atomic E-state index is 0.749. The molecule has 0 amide bonds. The maximum absolute atomic E-state index is 5.12. The summed E-state index contributed by atoms with van der Waals surface area (Å²) < 4.78 is 5.12. The summed E-state index contributed by atoms with van der Waals surface area (Å²) >= 11 is 0. The highest BCUT2D eigenvalue weighted by atomic mass is 16.5. The van der Waals surface area contributed by atoms with Crippen LogP contribution in [0, 0.1) is 17.8 Å². The Morgan fingerprint density at radius 2 is 1.69 bits per heavy atom. The molecule has 0 aromatic heterocycles. The number of methoxy groups -OCH3 is 1. The summed E-state index contributed by atoms with van der Waals surface area (Å²) in [6, 6.07) is 0. The zero-order valence-corrected chi connectivity index (χ0v) is 11.9. The average molecular weight is 229 g/mol. The summed E-state index contributed by atoms with van der Waals surface area (Å²) in [6.07, 6.45) is 3.81. The van der Waals surface area contributed by atoms with Crippen LogP contribution in [0.2, 0.25) is 0 Å². The van der Waals surface area contributed by atoms with Crippen LogP contribution in [0.25, 0.3) is 0 Å².